The van der Waals surface area contributed by atoms with Gasteiger partial charge in [0.25, 0.3) is 0 Å². The molecule has 0 aromatic carbocycles. The number of hydrogen-bond donors (Lipinski definition) is 4. The van der Waals surface area contributed by atoms with Crippen molar-refractivity contribution >= 4 is 35.5 Å². The number of urea groups is 1. The van der Waals surface area contributed by atoms with Crippen LogP contribution in [0, 0.1) is 5.92 Å². The molecule has 6 unspecified atom stereocenters. The van der Waals surface area contributed by atoms with Gasteiger partial charge in [-0.1, -0.05) is 19.1 Å². The molecule has 3 heterocycles. The zero-order chi connectivity index (χ0) is 36.0. The van der Waals surface area contributed by atoms with Crippen molar-refractivity contribution in [1.29, 1.82) is 0 Å². The van der Waals surface area contributed by atoms with Crippen LogP contribution < -0.4 is 21.3 Å². The summed E-state index contributed by atoms with van der Waals surface area (Å²) >= 11 is 1.91. The molecule has 0 saturated carbocycles. The van der Waals surface area contributed by atoms with Crippen molar-refractivity contribution in [3.63, 3.8) is 0 Å². The first-order chi connectivity index (χ1) is 24.3. The number of hydrogen-bond acceptors (Lipinski definition) is 10. The Kier molecular flexibility index (Phi) is 20.7. The number of ether oxygens (including phenoxy) is 5. The van der Waals surface area contributed by atoms with Crippen LogP contribution in [-0.4, -0.2) is 144 Å². The number of carbonyl (C=O) groups is 4. The van der Waals surface area contributed by atoms with E-state index < -0.39 is 0 Å². The van der Waals surface area contributed by atoms with Crippen LogP contribution in [0.2, 0.25) is 0 Å². The van der Waals surface area contributed by atoms with Crippen LogP contribution >= 0.6 is 11.8 Å². The van der Waals surface area contributed by atoms with Gasteiger partial charge < -0.3 is 49.9 Å². The standard InChI is InChI=1S/C35H61N5O9S/c1-26(34-33-27(25-50-34)38-35(44)39-33)10-6-12-30(41)36-15-8-18-47-20-22-49-23-21-48-19-9-16-37-31(42)13-7-14-32(43)40-17-5-4-11-28(45-2)29(24-40)46-3/h4,11,26-29,33-34H,5-10,12-25H2,1-3H3,(H,36,41)(H,37,42)(H2,38,39,44). The summed E-state index contributed by atoms with van der Waals surface area (Å²) in [5.74, 6) is 1.43. The fourth-order valence-electron chi connectivity index (χ4n) is 6.34. The molecule has 0 aromatic heterocycles. The van der Waals surface area contributed by atoms with E-state index in [1.807, 2.05) is 23.9 Å². The first kappa shape index (κ1) is 42.0. The number of nitrogens with one attached hydrogen (secondary N) is 4. The molecule has 6 atom stereocenters. The lowest BCUT2D eigenvalue weighted by molar-refractivity contribution is -0.134. The van der Waals surface area contributed by atoms with Gasteiger partial charge in [-0.05, 0) is 44.4 Å². The highest BCUT2D eigenvalue weighted by atomic mass is 32.2. The quantitative estimate of drug-likeness (QED) is 0.0621. The molecule has 286 valence electrons. The van der Waals surface area contributed by atoms with Crippen LogP contribution in [-0.2, 0) is 38.1 Å². The maximum atomic E-state index is 12.7. The van der Waals surface area contributed by atoms with Crippen molar-refractivity contribution in [3.8, 4) is 0 Å². The largest absolute Gasteiger partial charge is 0.379 e. The number of fused-ring (bicyclic) bond motifs is 1. The van der Waals surface area contributed by atoms with Gasteiger partial charge >= 0.3 is 6.03 Å². The summed E-state index contributed by atoms with van der Waals surface area (Å²) in [6, 6.07) is 0.366. The van der Waals surface area contributed by atoms with Crippen molar-refractivity contribution in [2.45, 2.75) is 94.3 Å². The molecule has 2 saturated heterocycles. The number of nitrogens with zero attached hydrogens (tertiary/aromatic N) is 1. The molecular formula is C35H61N5O9S. The van der Waals surface area contributed by atoms with Crippen LogP contribution in [0.3, 0.4) is 0 Å². The van der Waals surface area contributed by atoms with Gasteiger partial charge in [0.15, 0.2) is 0 Å². The molecule has 0 aromatic rings. The Bertz CT molecular complexity index is 1050. The zero-order valence-electron chi connectivity index (χ0n) is 30.3. The number of rotatable bonds is 25. The van der Waals surface area contributed by atoms with Gasteiger partial charge in [0.1, 0.15) is 12.2 Å². The number of amides is 5. The predicted octanol–water partition coefficient (Wildman–Crippen LogP) is 2.01. The predicted molar refractivity (Wildman–Crippen MR) is 192 cm³/mol. The van der Waals surface area contributed by atoms with Crippen LogP contribution in [0.25, 0.3) is 0 Å². The summed E-state index contributed by atoms with van der Waals surface area (Å²) in [4.78, 5) is 50.5. The number of carbonyl (C=O) groups excluding carboxylic acids is 4. The molecule has 0 aliphatic carbocycles. The third kappa shape index (κ3) is 15.9. The monoisotopic (exact) mass is 727 g/mol. The van der Waals surface area contributed by atoms with E-state index in [9.17, 15) is 19.2 Å². The van der Waals surface area contributed by atoms with Gasteiger partial charge in [0.05, 0.1) is 38.5 Å². The van der Waals surface area contributed by atoms with E-state index in [4.69, 9.17) is 23.7 Å². The topological polar surface area (TPSA) is 166 Å². The summed E-state index contributed by atoms with van der Waals surface area (Å²) < 4.78 is 27.7. The minimum absolute atomic E-state index is 0.0267. The molecule has 0 spiro atoms. The third-order valence-electron chi connectivity index (χ3n) is 9.19. The van der Waals surface area contributed by atoms with Crippen LogP contribution in [0.15, 0.2) is 12.2 Å². The van der Waals surface area contributed by atoms with E-state index in [1.165, 1.54) is 0 Å². The zero-order valence-corrected chi connectivity index (χ0v) is 31.1. The normalized spacial score (nSPS) is 23.8. The minimum Gasteiger partial charge on any atom is -0.379 e. The maximum Gasteiger partial charge on any atom is 0.315 e. The molecule has 14 nitrogen and oxygen atoms in total. The Morgan fingerprint density at radius 2 is 1.52 bits per heavy atom. The Morgan fingerprint density at radius 3 is 2.16 bits per heavy atom. The first-order valence-electron chi connectivity index (χ1n) is 18.3. The molecule has 0 bridgehead atoms. The highest BCUT2D eigenvalue weighted by Crippen LogP contribution is 2.36. The van der Waals surface area contributed by atoms with E-state index in [-0.39, 0.29) is 48.0 Å². The Labute approximate surface area is 302 Å². The van der Waals surface area contributed by atoms with Gasteiger partial charge in [0, 0.05) is 83.9 Å². The molecule has 3 rings (SSSR count). The Hall–Kier alpha value is -2.43. The van der Waals surface area contributed by atoms with Gasteiger partial charge in [-0.25, -0.2) is 4.79 Å². The molecule has 50 heavy (non-hydrogen) atoms. The molecular weight excluding hydrogens is 666 g/mol. The maximum absolute atomic E-state index is 12.7. The first-order valence-corrected chi connectivity index (χ1v) is 19.3. The summed E-state index contributed by atoms with van der Waals surface area (Å²) in [6.45, 7) is 7.39. The second-order valence-corrected chi connectivity index (χ2v) is 14.3. The number of thioether (sulfide) groups is 1. The van der Waals surface area contributed by atoms with Crippen LogP contribution in [0.5, 0.6) is 0 Å². The van der Waals surface area contributed by atoms with Crippen LogP contribution in [0.4, 0.5) is 4.79 Å². The van der Waals surface area contributed by atoms with Crippen molar-refractivity contribution < 1.29 is 42.9 Å². The van der Waals surface area contributed by atoms with Crippen LogP contribution in [0.1, 0.15) is 64.7 Å². The SMILES string of the molecule is COC1C=CCCN(C(=O)CCCC(=O)NCCCOCCOCCOCCCNC(=O)CCCC(C)C2SCC3NC(=O)NC32)CC1OC. The van der Waals surface area contributed by atoms with Crippen molar-refractivity contribution in [2.24, 2.45) is 5.92 Å². The van der Waals surface area contributed by atoms with E-state index >= 15 is 0 Å². The van der Waals surface area contributed by atoms with E-state index in [2.05, 4.69) is 28.2 Å². The molecule has 2 fully saturated rings. The molecule has 4 N–H and O–H groups in total. The molecule has 5 amide bonds. The van der Waals surface area contributed by atoms with Gasteiger partial charge in [-0.2, -0.15) is 11.8 Å². The van der Waals surface area contributed by atoms with Crippen molar-refractivity contribution in [2.75, 3.05) is 85.8 Å². The second kappa shape index (κ2) is 24.7. The summed E-state index contributed by atoms with van der Waals surface area (Å²) in [5, 5.41) is 12.3. The number of methoxy groups -OCH3 is 2. The lowest BCUT2D eigenvalue weighted by atomic mass is 9.93. The fourth-order valence-corrected chi connectivity index (χ4v) is 7.99. The van der Waals surface area contributed by atoms with Crippen molar-refractivity contribution in [3.05, 3.63) is 12.2 Å². The molecule has 15 heteroatoms. The summed E-state index contributed by atoms with van der Waals surface area (Å²) in [7, 11) is 3.26. The lowest BCUT2D eigenvalue weighted by Gasteiger charge is -2.31. The third-order valence-corrected chi connectivity index (χ3v) is 10.9. The lowest BCUT2D eigenvalue weighted by Crippen LogP contribution is -2.44. The minimum atomic E-state index is -0.222. The smallest absolute Gasteiger partial charge is 0.315 e. The van der Waals surface area contributed by atoms with Crippen molar-refractivity contribution in [1.82, 2.24) is 26.2 Å². The highest BCUT2D eigenvalue weighted by molar-refractivity contribution is 8.00. The Balaban J connectivity index is 1.04. The second-order valence-electron chi connectivity index (χ2n) is 13.0. The summed E-state index contributed by atoms with van der Waals surface area (Å²) in [5.41, 5.74) is 0. The van der Waals surface area contributed by atoms with E-state index in [0.717, 1.165) is 31.4 Å². The Morgan fingerprint density at radius 1 is 0.880 bits per heavy atom. The van der Waals surface area contributed by atoms with E-state index in [1.54, 1.807) is 19.1 Å². The fraction of sp³-hybridized carbons (Fsp3) is 0.829. The highest BCUT2D eigenvalue weighted by Gasteiger charge is 2.44. The average molecular weight is 728 g/mol. The van der Waals surface area contributed by atoms with Gasteiger partial charge in [0.2, 0.25) is 17.7 Å². The molecule has 3 aliphatic heterocycles. The molecule has 0 radical (unpaired) electrons. The van der Waals surface area contributed by atoms with E-state index in [0.29, 0.717) is 109 Å². The average Bonchev–Trinajstić information content (AvgIpc) is 3.65. The molecule has 3 aliphatic rings. The summed E-state index contributed by atoms with van der Waals surface area (Å²) in [6.07, 6.45) is 9.25. The van der Waals surface area contributed by atoms with Gasteiger partial charge in [-0.3, -0.25) is 14.4 Å². The van der Waals surface area contributed by atoms with Gasteiger partial charge in [-0.15, -0.1) is 0 Å².